The number of furan rings is 1. The smallest absolute Gasteiger partial charge is 0.294 e. The van der Waals surface area contributed by atoms with Crippen molar-refractivity contribution in [3.8, 4) is 45.4 Å². The Morgan fingerprint density at radius 1 is 0.660 bits per heavy atom. The van der Waals surface area contributed by atoms with Gasteiger partial charge in [0, 0.05) is 18.2 Å². The number of rotatable bonds is 13. The van der Waals surface area contributed by atoms with E-state index < -0.39 is 0 Å². The van der Waals surface area contributed by atoms with Gasteiger partial charge in [-0.25, -0.2) is 9.50 Å². The number of benzene rings is 4. The van der Waals surface area contributed by atoms with E-state index in [0.717, 1.165) is 22.1 Å². The molecule has 0 fully saturated rings. The van der Waals surface area contributed by atoms with E-state index in [1.54, 1.807) is 32.0 Å². The fourth-order valence-corrected chi connectivity index (χ4v) is 5.74. The summed E-state index contributed by atoms with van der Waals surface area (Å²) in [5.41, 5.74) is 4.24. The van der Waals surface area contributed by atoms with Crippen LogP contribution in [0.2, 0.25) is 0 Å². The van der Waals surface area contributed by atoms with Gasteiger partial charge in [-0.2, -0.15) is 0 Å². The summed E-state index contributed by atoms with van der Waals surface area (Å²) in [4.78, 5) is 5.35. The molecule has 3 aromatic heterocycles. The zero-order valence-corrected chi connectivity index (χ0v) is 26.8. The second-order valence-electron chi connectivity index (χ2n) is 10.6. The van der Waals surface area contributed by atoms with Crippen LogP contribution < -0.4 is 28.4 Å². The van der Waals surface area contributed by atoms with E-state index in [2.05, 4.69) is 10.1 Å². The topological polar surface area (TPSA) is 98.7 Å². The summed E-state index contributed by atoms with van der Waals surface area (Å²) < 4.78 is 42.6. The average Bonchev–Trinajstić information content (AvgIpc) is 3.83. The van der Waals surface area contributed by atoms with Crippen LogP contribution in [0.3, 0.4) is 0 Å². The van der Waals surface area contributed by atoms with Gasteiger partial charge < -0.3 is 32.8 Å². The molecule has 0 aliphatic heterocycles. The third kappa shape index (κ3) is 6.80. The Morgan fingerprint density at radius 3 is 2.19 bits per heavy atom. The molecule has 0 aliphatic rings. The van der Waals surface area contributed by atoms with Crippen molar-refractivity contribution >= 4 is 27.3 Å². The fourth-order valence-electron chi connectivity index (χ4n) is 5.04. The van der Waals surface area contributed by atoms with Gasteiger partial charge in [-0.3, -0.25) is 0 Å². The van der Waals surface area contributed by atoms with Crippen LogP contribution in [0, 0.1) is 0 Å². The minimum absolute atomic E-state index is 0.306. The number of imidazole rings is 1. The fraction of sp³-hybridized carbons (Fsp3) is 0.167. The molecular formula is C36H31N3O7S. The predicted molar refractivity (Wildman–Crippen MR) is 178 cm³/mol. The van der Waals surface area contributed by atoms with Crippen LogP contribution in [0.5, 0.6) is 33.9 Å². The molecule has 0 atom stereocenters. The maximum Gasteiger partial charge on any atom is 0.294 e. The van der Waals surface area contributed by atoms with Crippen LogP contribution in [0.15, 0.2) is 102 Å². The van der Waals surface area contributed by atoms with Crippen molar-refractivity contribution < 1.29 is 32.8 Å². The van der Waals surface area contributed by atoms with Crippen molar-refractivity contribution in [1.29, 1.82) is 0 Å². The molecule has 10 nitrogen and oxygen atoms in total. The van der Waals surface area contributed by atoms with Gasteiger partial charge in [0.05, 0.1) is 32.9 Å². The number of hydrogen-bond donors (Lipinski definition) is 0. The van der Waals surface area contributed by atoms with Crippen LogP contribution in [0.1, 0.15) is 16.7 Å². The Balaban J connectivity index is 1.04. The Morgan fingerprint density at radius 2 is 1.38 bits per heavy atom. The van der Waals surface area contributed by atoms with Gasteiger partial charge >= 0.3 is 0 Å². The van der Waals surface area contributed by atoms with Crippen molar-refractivity contribution in [1.82, 2.24) is 14.6 Å². The van der Waals surface area contributed by atoms with Gasteiger partial charge in [-0.15, -0.1) is 5.10 Å². The van der Waals surface area contributed by atoms with E-state index in [1.165, 1.54) is 11.3 Å². The van der Waals surface area contributed by atoms with Crippen LogP contribution in [0.25, 0.3) is 27.4 Å². The number of fused-ring (bicyclic) bond motifs is 2. The minimum atomic E-state index is 0.306. The van der Waals surface area contributed by atoms with Crippen molar-refractivity contribution in [3.05, 3.63) is 114 Å². The molecule has 7 rings (SSSR count). The van der Waals surface area contributed by atoms with Gasteiger partial charge in [0.1, 0.15) is 59.8 Å². The second-order valence-corrected chi connectivity index (χ2v) is 11.5. The molecule has 238 valence electrons. The number of aromatic nitrogens is 3. The van der Waals surface area contributed by atoms with Gasteiger partial charge in [-0.1, -0.05) is 42.5 Å². The summed E-state index contributed by atoms with van der Waals surface area (Å²) in [6.07, 6.45) is 1.80. The largest absolute Gasteiger partial charge is 0.497 e. The zero-order chi connectivity index (χ0) is 32.2. The highest BCUT2D eigenvalue weighted by atomic mass is 32.1. The summed E-state index contributed by atoms with van der Waals surface area (Å²) in [7, 11) is 4.83. The highest BCUT2D eigenvalue weighted by Gasteiger charge is 2.17. The second kappa shape index (κ2) is 13.4. The molecule has 0 unspecified atom stereocenters. The molecular weight excluding hydrogens is 618 g/mol. The number of hydrogen-bond acceptors (Lipinski definition) is 10. The molecule has 0 bridgehead atoms. The first-order chi connectivity index (χ1) is 23.1. The van der Waals surface area contributed by atoms with Crippen molar-refractivity contribution in [2.75, 3.05) is 21.3 Å². The van der Waals surface area contributed by atoms with Crippen molar-refractivity contribution in [3.63, 3.8) is 0 Å². The summed E-state index contributed by atoms with van der Waals surface area (Å²) in [5.74, 6) is 3.97. The standard InChI is InChI=1S/C36H31N3O7S/c1-40-27-13-25(14-29(15-27)44-20-23-8-5-4-6-9-23)22-43-26-11-7-10-24(12-26)21-45-32-16-28(41-2)17-33-30(32)18-34(46-33)31-19-39-35(37-31)47-36(38-39)42-3/h4-19H,20-22H2,1-3H3. The molecule has 0 amide bonds. The van der Waals surface area contributed by atoms with E-state index in [-0.39, 0.29) is 0 Å². The third-order valence-electron chi connectivity index (χ3n) is 7.38. The Labute approximate surface area is 274 Å². The predicted octanol–water partition coefficient (Wildman–Crippen LogP) is 7.97. The molecule has 0 spiro atoms. The lowest BCUT2D eigenvalue weighted by Crippen LogP contribution is -2.01. The molecule has 11 heteroatoms. The minimum Gasteiger partial charge on any atom is -0.497 e. The number of ether oxygens (including phenoxy) is 6. The zero-order valence-electron chi connectivity index (χ0n) is 26.0. The summed E-state index contributed by atoms with van der Waals surface area (Å²) in [6.45, 7) is 1.11. The van der Waals surface area contributed by atoms with Crippen LogP contribution in [-0.2, 0) is 19.8 Å². The molecule has 3 heterocycles. The Hall–Kier alpha value is -5.68. The van der Waals surface area contributed by atoms with E-state index in [4.69, 9.17) is 32.8 Å². The first-order valence-corrected chi connectivity index (χ1v) is 15.6. The van der Waals surface area contributed by atoms with Gasteiger partial charge in [0.25, 0.3) is 5.19 Å². The highest BCUT2D eigenvalue weighted by molar-refractivity contribution is 7.18. The summed E-state index contributed by atoms with van der Waals surface area (Å²) >= 11 is 1.35. The first kappa shape index (κ1) is 30.0. The van der Waals surface area contributed by atoms with Gasteiger partial charge in [0.15, 0.2) is 5.76 Å². The van der Waals surface area contributed by atoms with E-state index in [1.807, 2.05) is 91.0 Å². The van der Waals surface area contributed by atoms with Crippen molar-refractivity contribution in [2.45, 2.75) is 19.8 Å². The molecule has 7 aromatic rings. The summed E-state index contributed by atoms with van der Waals surface area (Å²) in [6, 6.07) is 29.2. The monoisotopic (exact) mass is 649 g/mol. The quantitative estimate of drug-likeness (QED) is 0.123. The molecule has 0 saturated heterocycles. The van der Waals surface area contributed by atoms with Crippen molar-refractivity contribution in [2.24, 2.45) is 0 Å². The maximum atomic E-state index is 6.32. The number of methoxy groups -OCH3 is 3. The third-order valence-corrected chi connectivity index (χ3v) is 8.27. The van der Waals surface area contributed by atoms with Crippen LogP contribution >= 0.6 is 11.3 Å². The van der Waals surface area contributed by atoms with E-state index in [0.29, 0.717) is 75.8 Å². The Bertz CT molecular complexity index is 2110. The molecule has 0 N–H and O–H groups in total. The van der Waals surface area contributed by atoms with Crippen LogP contribution in [-0.4, -0.2) is 35.9 Å². The lowest BCUT2D eigenvalue weighted by molar-refractivity contribution is 0.290. The van der Waals surface area contributed by atoms with Gasteiger partial charge in [-0.05, 0) is 58.4 Å². The van der Waals surface area contributed by atoms with E-state index >= 15 is 0 Å². The average molecular weight is 650 g/mol. The lowest BCUT2D eigenvalue weighted by Gasteiger charge is -2.13. The normalized spacial score (nSPS) is 11.1. The number of nitrogens with zero attached hydrogens (tertiary/aromatic N) is 3. The van der Waals surface area contributed by atoms with Crippen LogP contribution in [0.4, 0.5) is 0 Å². The molecule has 0 saturated carbocycles. The SMILES string of the molecule is COc1cc(COc2cccc(COc3cc(OC)cc4oc(-c5cn6nc(OC)sc6n5)cc34)c2)cc(OCc2ccccc2)c1. The van der Waals surface area contributed by atoms with E-state index in [9.17, 15) is 0 Å². The molecule has 4 aromatic carbocycles. The molecule has 0 aliphatic carbocycles. The maximum absolute atomic E-state index is 6.32. The first-order valence-electron chi connectivity index (χ1n) is 14.8. The lowest BCUT2D eigenvalue weighted by atomic mass is 10.2. The van der Waals surface area contributed by atoms with Gasteiger partial charge in [0.2, 0.25) is 4.96 Å². The Kier molecular flexibility index (Phi) is 8.52. The summed E-state index contributed by atoms with van der Waals surface area (Å²) in [5, 5.41) is 5.69. The highest BCUT2D eigenvalue weighted by Crippen LogP contribution is 2.38. The molecule has 47 heavy (non-hydrogen) atoms. The molecule has 0 radical (unpaired) electrons.